The van der Waals surface area contributed by atoms with Crippen molar-refractivity contribution in [3.63, 3.8) is 0 Å². The number of rotatable bonds is 14. The van der Waals surface area contributed by atoms with Crippen LogP contribution in [0.25, 0.3) is 0 Å². The van der Waals surface area contributed by atoms with Crippen molar-refractivity contribution in [1.82, 2.24) is 0 Å². The van der Waals surface area contributed by atoms with Crippen LogP contribution >= 0.6 is 0 Å². The SMILES string of the molecule is CCCCCCCC/C=C/CCCc1ccccc1OCC1(C)CO1. The summed E-state index contributed by atoms with van der Waals surface area (Å²) in [6, 6.07) is 8.42. The number of aryl methyl sites for hydroxylation is 1. The van der Waals surface area contributed by atoms with E-state index in [1.54, 1.807) is 0 Å². The van der Waals surface area contributed by atoms with Crippen LogP contribution < -0.4 is 4.74 Å². The highest BCUT2D eigenvalue weighted by molar-refractivity contribution is 5.33. The van der Waals surface area contributed by atoms with Crippen molar-refractivity contribution in [2.75, 3.05) is 13.2 Å². The Kier molecular flexibility index (Phi) is 9.10. The standard InChI is InChI=1S/C23H36O2/c1-3-4-5-6-7-8-9-10-11-12-13-16-21-17-14-15-18-22(21)24-19-23(2)20-25-23/h10-11,14-15,17-18H,3-9,12-13,16,19-20H2,1-2H3/b11-10+. The number of allylic oxidation sites excluding steroid dienone is 2. The van der Waals surface area contributed by atoms with Crippen LogP contribution in [-0.2, 0) is 11.2 Å². The lowest BCUT2D eigenvalue weighted by atomic mass is 10.1. The van der Waals surface area contributed by atoms with E-state index in [0.29, 0.717) is 6.61 Å². The van der Waals surface area contributed by atoms with Gasteiger partial charge in [0.2, 0.25) is 0 Å². The molecule has 0 radical (unpaired) electrons. The summed E-state index contributed by atoms with van der Waals surface area (Å²) in [4.78, 5) is 0. The number of para-hydroxylation sites is 1. The van der Waals surface area contributed by atoms with Gasteiger partial charge in [-0.25, -0.2) is 0 Å². The van der Waals surface area contributed by atoms with Crippen molar-refractivity contribution >= 4 is 0 Å². The van der Waals surface area contributed by atoms with Gasteiger partial charge < -0.3 is 9.47 Å². The van der Waals surface area contributed by atoms with Crippen LogP contribution in [0.15, 0.2) is 36.4 Å². The predicted octanol–water partition coefficient (Wildman–Crippen LogP) is 6.48. The fraction of sp³-hybridized carbons (Fsp3) is 0.652. The van der Waals surface area contributed by atoms with E-state index < -0.39 is 0 Å². The third-order valence-corrected chi connectivity index (χ3v) is 4.85. The molecular formula is C23H36O2. The zero-order chi connectivity index (χ0) is 17.8. The van der Waals surface area contributed by atoms with E-state index in [0.717, 1.165) is 25.2 Å². The quantitative estimate of drug-likeness (QED) is 0.219. The molecule has 1 unspecified atom stereocenters. The van der Waals surface area contributed by atoms with Gasteiger partial charge in [-0.05, 0) is 50.7 Å². The molecule has 1 aromatic rings. The van der Waals surface area contributed by atoms with Crippen molar-refractivity contribution in [2.24, 2.45) is 0 Å². The van der Waals surface area contributed by atoms with Gasteiger partial charge in [0.25, 0.3) is 0 Å². The van der Waals surface area contributed by atoms with Crippen LogP contribution in [0.5, 0.6) is 5.75 Å². The van der Waals surface area contributed by atoms with Gasteiger partial charge in [0, 0.05) is 0 Å². The summed E-state index contributed by atoms with van der Waals surface area (Å²) in [7, 11) is 0. The van der Waals surface area contributed by atoms with E-state index >= 15 is 0 Å². The molecule has 0 bridgehead atoms. The summed E-state index contributed by atoms with van der Waals surface area (Å²) < 4.78 is 11.4. The van der Waals surface area contributed by atoms with Crippen LogP contribution in [0.2, 0.25) is 0 Å². The molecular weight excluding hydrogens is 308 g/mol. The Labute approximate surface area is 154 Å². The van der Waals surface area contributed by atoms with Gasteiger partial charge in [0.1, 0.15) is 18.0 Å². The Bertz CT molecular complexity index is 503. The van der Waals surface area contributed by atoms with Crippen LogP contribution in [0.1, 0.15) is 77.2 Å². The lowest BCUT2D eigenvalue weighted by Gasteiger charge is -2.12. The maximum atomic E-state index is 5.97. The molecule has 1 aromatic carbocycles. The molecule has 0 amide bonds. The Balaban J connectivity index is 1.56. The minimum Gasteiger partial charge on any atom is -0.490 e. The van der Waals surface area contributed by atoms with Crippen molar-refractivity contribution in [1.29, 1.82) is 0 Å². The van der Waals surface area contributed by atoms with E-state index in [2.05, 4.69) is 50.3 Å². The molecule has 1 atom stereocenters. The number of ether oxygens (including phenoxy) is 2. The number of benzene rings is 1. The summed E-state index contributed by atoms with van der Waals surface area (Å²) >= 11 is 0. The summed E-state index contributed by atoms with van der Waals surface area (Å²) in [5, 5.41) is 0. The van der Waals surface area contributed by atoms with Gasteiger partial charge in [-0.3, -0.25) is 0 Å². The summed E-state index contributed by atoms with van der Waals surface area (Å²) in [5.74, 6) is 1.02. The van der Waals surface area contributed by atoms with E-state index in [-0.39, 0.29) is 5.60 Å². The first-order chi connectivity index (χ1) is 12.2. The lowest BCUT2D eigenvalue weighted by Crippen LogP contribution is -2.17. The second kappa shape index (κ2) is 11.4. The maximum absolute atomic E-state index is 5.97. The molecule has 1 aliphatic heterocycles. The molecule has 0 N–H and O–H groups in total. The van der Waals surface area contributed by atoms with E-state index in [4.69, 9.17) is 9.47 Å². The van der Waals surface area contributed by atoms with Crippen LogP contribution in [-0.4, -0.2) is 18.8 Å². The van der Waals surface area contributed by atoms with E-state index in [9.17, 15) is 0 Å². The summed E-state index contributed by atoms with van der Waals surface area (Å²) in [6.07, 6.45) is 17.7. The van der Waals surface area contributed by atoms with Gasteiger partial charge >= 0.3 is 0 Å². The molecule has 1 heterocycles. The molecule has 0 spiro atoms. The highest BCUT2D eigenvalue weighted by atomic mass is 16.6. The molecule has 1 saturated heterocycles. The maximum Gasteiger partial charge on any atom is 0.123 e. The highest BCUT2D eigenvalue weighted by Crippen LogP contribution is 2.28. The third-order valence-electron chi connectivity index (χ3n) is 4.85. The minimum atomic E-state index is -0.0492. The van der Waals surface area contributed by atoms with Crippen molar-refractivity contribution in [3.05, 3.63) is 42.0 Å². The average Bonchev–Trinajstić information content (AvgIpc) is 3.36. The lowest BCUT2D eigenvalue weighted by molar-refractivity contribution is 0.201. The molecule has 140 valence electrons. The predicted molar refractivity (Wildman–Crippen MR) is 106 cm³/mol. The smallest absolute Gasteiger partial charge is 0.123 e. The van der Waals surface area contributed by atoms with Gasteiger partial charge in [-0.15, -0.1) is 0 Å². The van der Waals surface area contributed by atoms with Crippen molar-refractivity contribution in [2.45, 2.75) is 83.7 Å². The van der Waals surface area contributed by atoms with Crippen molar-refractivity contribution < 1.29 is 9.47 Å². The first-order valence-corrected chi connectivity index (χ1v) is 10.2. The number of hydrogen-bond acceptors (Lipinski definition) is 2. The number of unbranched alkanes of at least 4 members (excludes halogenated alkanes) is 7. The normalized spacial score (nSPS) is 19.4. The largest absolute Gasteiger partial charge is 0.490 e. The average molecular weight is 345 g/mol. The Hall–Kier alpha value is -1.28. The van der Waals surface area contributed by atoms with Crippen LogP contribution in [0.3, 0.4) is 0 Å². The Morgan fingerprint density at radius 3 is 2.44 bits per heavy atom. The molecule has 0 aliphatic carbocycles. The van der Waals surface area contributed by atoms with E-state index in [1.807, 2.05) is 0 Å². The minimum absolute atomic E-state index is 0.0492. The monoisotopic (exact) mass is 344 g/mol. The Morgan fingerprint density at radius 1 is 1.00 bits per heavy atom. The van der Waals surface area contributed by atoms with Gasteiger partial charge in [-0.2, -0.15) is 0 Å². The first kappa shape index (κ1) is 20.0. The zero-order valence-electron chi connectivity index (χ0n) is 16.3. The molecule has 2 nitrogen and oxygen atoms in total. The molecule has 2 heteroatoms. The van der Waals surface area contributed by atoms with Crippen LogP contribution in [0.4, 0.5) is 0 Å². The van der Waals surface area contributed by atoms with Gasteiger partial charge in [-0.1, -0.05) is 69.4 Å². The zero-order valence-corrected chi connectivity index (χ0v) is 16.3. The molecule has 0 aromatic heterocycles. The molecule has 25 heavy (non-hydrogen) atoms. The third kappa shape index (κ3) is 8.58. The summed E-state index contributed by atoms with van der Waals surface area (Å²) in [6.45, 7) is 5.85. The van der Waals surface area contributed by atoms with Crippen molar-refractivity contribution in [3.8, 4) is 5.75 Å². The Morgan fingerprint density at radius 2 is 1.68 bits per heavy atom. The second-order valence-electron chi connectivity index (χ2n) is 7.56. The second-order valence-corrected chi connectivity index (χ2v) is 7.56. The number of epoxide rings is 1. The summed E-state index contributed by atoms with van der Waals surface area (Å²) in [5.41, 5.74) is 1.27. The fourth-order valence-electron chi connectivity index (χ4n) is 2.98. The highest BCUT2D eigenvalue weighted by Gasteiger charge is 2.40. The molecule has 1 fully saturated rings. The number of hydrogen-bond donors (Lipinski definition) is 0. The molecule has 2 rings (SSSR count). The van der Waals surface area contributed by atoms with Gasteiger partial charge in [0.15, 0.2) is 0 Å². The molecule has 0 saturated carbocycles. The van der Waals surface area contributed by atoms with Crippen LogP contribution in [0, 0.1) is 0 Å². The first-order valence-electron chi connectivity index (χ1n) is 10.2. The topological polar surface area (TPSA) is 21.8 Å². The van der Waals surface area contributed by atoms with E-state index in [1.165, 1.54) is 56.9 Å². The van der Waals surface area contributed by atoms with Gasteiger partial charge in [0.05, 0.1) is 6.61 Å². The molecule has 1 aliphatic rings. The fourth-order valence-corrected chi connectivity index (χ4v) is 2.98.